The van der Waals surface area contributed by atoms with Crippen molar-refractivity contribution in [1.29, 1.82) is 5.26 Å². The molecule has 0 aliphatic carbocycles. The predicted octanol–water partition coefficient (Wildman–Crippen LogP) is 4.82. The van der Waals surface area contributed by atoms with Crippen molar-refractivity contribution < 1.29 is 9.53 Å². The fourth-order valence-electron chi connectivity index (χ4n) is 1.93. The van der Waals surface area contributed by atoms with Crippen molar-refractivity contribution >= 4 is 38.5 Å². The van der Waals surface area contributed by atoms with Crippen molar-refractivity contribution in [3.8, 4) is 6.07 Å². The quantitative estimate of drug-likeness (QED) is 0.804. The summed E-state index contributed by atoms with van der Waals surface area (Å²) in [6, 6.07) is 11.2. The van der Waals surface area contributed by atoms with Gasteiger partial charge in [0.1, 0.15) is 5.60 Å². The number of amides is 1. The second kappa shape index (κ2) is 5.74. The van der Waals surface area contributed by atoms with Gasteiger partial charge in [0.25, 0.3) is 0 Å². The molecule has 4 nitrogen and oxygen atoms in total. The van der Waals surface area contributed by atoms with E-state index >= 15 is 0 Å². The molecule has 1 amide bonds. The van der Waals surface area contributed by atoms with Gasteiger partial charge in [0, 0.05) is 9.86 Å². The Morgan fingerprint density at radius 2 is 1.95 bits per heavy atom. The van der Waals surface area contributed by atoms with Gasteiger partial charge in [-0.15, -0.1) is 0 Å². The third kappa shape index (κ3) is 3.53. The smallest absolute Gasteiger partial charge is 0.412 e. The molecule has 0 heterocycles. The molecule has 0 aromatic heterocycles. The van der Waals surface area contributed by atoms with Crippen LogP contribution in [0.3, 0.4) is 0 Å². The van der Waals surface area contributed by atoms with Crippen LogP contribution in [-0.4, -0.2) is 11.7 Å². The number of hydrogen-bond donors (Lipinski definition) is 1. The number of benzene rings is 2. The molecule has 5 heteroatoms. The summed E-state index contributed by atoms with van der Waals surface area (Å²) in [6.07, 6.45) is -0.515. The number of nitriles is 1. The highest BCUT2D eigenvalue weighted by Crippen LogP contribution is 2.33. The maximum Gasteiger partial charge on any atom is 0.412 e. The summed E-state index contributed by atoms with van der Waals surface area (Å²) in [7, 11) is 0. The Bertz CT molecular complexity index is 742. The highest BCUT2D eigenvalue weighted by molar-refractivity contribution is 9.10. The second-order valence-electron chi connectivity index (χ2n) is 5.57. The highest BCUT2D eigenvalue weighted by Gasteiger charge is 2.17. The molecule has 0 saturated carbocycles. The van der Waals surface area contributed by atoms with Crippen LogP contribution < -0.4 is 5.32 Å². The Morgan fingerprint density at radius 3 is 2.57 bits per heavy atom. The molecule has 0 atom stereocenters. The van der Waals surface area contributed by atoms with Crippen LogP contribution in [0.5, 0.6) is 0 Å². The molecule has 0 spiro atoms. The number of anilines is 1. The number of halogens is 1. The Morgan fingerprint density at radius 1 is 1.24 bits per heavy atom. The third-order valence-corrected chi connectivity index (χ3v) is 3.61. The van der Waals surface area contributed by atoms with Crippen molar-refractivity contribution in [3.63, 3.8) is 0 Å². The molecule has 0 fully saturated rings. The minimum absolute atomic E-state index is 0.515. The van der Waals surface area contributed by atoms with E-state index in [-0.39, 0.29) is 0 Å². The summed E-state index contributed by atoms with van der Waals surface area (Å²) < 4.78 is 5.96. The monoisotopic (exact) mass is 346 g/mol. The van der Waals surface area contributed by atoms with Crippen molar-refractivity contribution in [2.45, 2.75) is 26.4 Å². The van der Waals surface area contributed by atoms with Gasteiger partial charge in [-0.05, 0) is 54.2 Å². The zero-order chi connectivity index (χ0) is 15.6. The SMILES string of the molecule is CC(C)(C)OC(=O)Nc1ccc2c(C#N)cccc2c1Br. The molecule has 2 rings (SSSR count). The number of nitrogens with one attached hydrogen (secondary N) is 1. The average molecular weight is 347 g/mol. The van der Waals surface area contributed by atoms with Crippen LogP contribution in [0.1, 0.15) is 26.3 Å². The van der Waals surface area contributed by atoms with Crippen LogP contribution in [-0.2, 0) is 4.74 Å². The minimum Gasteiger partial charge on any atom is -0.444 e. The van der Waals surface area contributed by atoms with Gasteiger partial charge in [-0.2, -0.15) is 5.26 Å². The number of carbonyl (C=O) groups excluding carboxylic acids is 1. The van der Waals surface area contributed by atoms with E-state index < -0.39 is 11.7 Å². The molecular weight excluding hydrogens is 332 g/mol. The van der Waals surface area contributed by atoms with Crippen LogP contribution in [0.25, 0.3) is 10.8 Å². The topological polar surface area (TPSA) is 62.1 Å². The largest absolute Gasteiger partial charge is 0.444 e. The van der Waals surface area contributed by atoms with E-state index in [2.05, 4.69) is 27.3 Å². The van der Waals surface area contributed by atoms with Crippen LogP contribution >= 0.6 is 15.9 Å². The Balaban J connectivity index is 2.37. The van der Waals surface area contributed by atoms with E-state index in [0.717, 1.165) is 15.2 Å². The van der Waals surface area contributed by atoms with E-state index in [1.807, 2.05) is 18.2 Å². The molecule has 0 aliphatic rings. The molecular formula is C16H15BrN2O2. The van der Waals surface area contributed by atoms with Gasteiger partial charge in [0.05, 0.1) is 17.3 Å². The van der Waals surface area contributed by atoms with E-state index in [0.29, 0.717) is 11.3 Å². The lowest BCUT2D eigenvalue weighted by Gasteiger charge is -2.20. The molecule has 2 aromatic carbocycles. The number of fused-ring (bicyclic) bond motifs is 1. The molecule has 0 saturated heterocycles. The van der Waals surface area contributed by atoms with Crippen molar-refractivity contribution in [2.75, 3.05) is 5.32 Å². The lowest BCUT2D eigenvalue weighted by molar-refractivity contribution is 0.0636. The Hall–Kier alpha value is -2.06. The van der Waals surface area contributed by atoms with Gasteiger partial charge in [0.15, 0.2) is 0 Å². The fourth-order valence-corrected chi connectivity index (χ4v) is 2.51. The van der Waals surface area contributed by atoms with Gasteiger partial charge >= 0.3 is 6.09 Å². The fraction of sp³-hybridized carbons (Fsp3) is 0.250. The first kappa shape index (κ1) is 15.3. The normalized spacial score (nSPS) is 11.0. The Labute approximate surface area is 131 Å². The molecule has 0 bridgehead atoms. The lowest BCUT2D eigenvalue weighted by atomic mass is 10.0. The van der Waals surface area contributed by atoms with Crippen LogP contribution in [0.15, 0.2) is 34.8 Å². The number of ether oxygens (including phenoxy) is 1. The van der Waals surface area contributed by atoms with Crippen LogP contribution in [0.4, 0.5) is 10.5 Å². The lowest BCUT2D eigenvalue weighted by Crippen LogP contribution is -2.27. The summed E-state index contributed by atoms with van der Waals surface area (Å²) in [6.45, 7) is 5.42. The molecule has 0 unspecified atom stereocenters. The molecule has 1 N–H and O–H groups in total. The van der Waals surface area contributed by atoms with E-state index in [1.54, 1.807) is 32.9 Å². The van der Waals surface area contributed by atoms with Gasteiger partial charge < -0.3 is 4.74 Å². The first-order valence-electron chi connectivity index (χ1n) is 6.43. The third-order valence-electron chi connectivity index (χ3n) is 2.75. The van der Waals surface area contributed by atoms with Gasteiger partial charge in [0.2, 0.25) is 0 Å². The number of hydrogen-bond acceptors (Lipinski definition) is 3. The average Bonchev–Trinajstić information content (AvgIpc) is 2.39. The van der Waals surface area contributed by atoms with Crippen molar-refractivity contribution in [3.05, 3.63) is 40.4 Å². The molecule has 0 aliphatic heterocycles. The predicted molar refractivity (Wildman–Crippen MR) is 86.2 cm³/mol. The van der Waals surface area contributed by atoms with E-state index in [4.69, 9.17) is 10.00 Å². The van der Waals surface area contributed by atoms with Crippen molar-refractivity contribution in [2.24, 2.45) is 0 Å². The summed E-state index contributed by atoms with van der Waals surface area (Å²) in [5, 5.41) is 13.5. The van der Waals surface area contributed by atoms with Crippen LogP contribution in [0.2, 0.25) is 0 Å². The van der Waals surface area contributed by atoms with Gasteiger partial charge in [-0.3, -0.25) is 5.32 Å². The maximum atomic E-state index is 11.8. The summed E-state index contributed by atoms with van der Waals surface area (Å²) in [4.78, 5) is 11.8. The minimum atomic E-state index is -0.554. The molecule has 2 aromatic rings. The summed E-state index contributed by atoms with van der Waals surface area (Å²) >= 11 is 3.47. The summed E-state index contributed by atoms with van der Waals surface area (Å²) in [5.41, 5.74) is 0.644. The number of nitrogens with zero attached hydrogens (tertiary/aromatic N) is 1. The first-order chi connectivity index (χ1) is 9.81. The van der Waals surface area contributed by atoms with Crippen LogP contribution in [0, 0.1) is 11.3 Å². The zero-order valence-corrected chi connectivity index (χ0v) is 13.6. The van der Waals surface area contributed by atoms with Gasteiger partial charge in [-0.25, -0.2) is 4.79 Å². The Kier molecular flexibility index (Phi) is 4.19. The first-order valence-corrected chi connectivity index (χ1v) is 7.22. The molecule has 108 valence electrons. The number of carbonyl (C=O) groups is 1. The second-order valence-corrected chi connectivity index (χ2v) is 6.36. The standard InChI is InChI=1S/C16H15BrN2O2/c1-16(2,3)21-15(20)19-13-8-7-11-10(9-18)5-4-6-12(11)14(13)17/h4-8H,1-3H3,(H,19,20). The van der Waals surface area contributed by atoms with Gasteiger partial charge in [-0.1, -0.05) is 18.2 Å². The maximum absolute atomic E-state index is 11.8. The number of rotatable bonds is 1. The summed E-state index contributed by atoms with van der Waals surface area (Å²) in [5.74, 6) is 0. The molecule has 0 radical (unpaired) electrons. The van der Waals surface area contributed by atoms with E-state index in [9.17, 15) is 4.79 Å². The zero-order valence-electron chi connectivity index (χ0n) is 12.0. The highest BCUT2D eigenvalue weighted by atomic mass is 79.9. The van der Waals surface area contributed by atoms with Crippen molar-refractivity contribution in [1.82, 2.24) is 0 Å². The molecule has 21 heavy (non-hydrogen) atoms. The van der Waals surface area contributed by atoms with E-state index in [1.165, 1.54) is 0 Å².